The Morgan fingerprint density at radius 2 is 1.79 bits per heavy atom. The summed E-state index contributed by atoms with van der Waals surface area (Å²) in [6, 6.07) is 19.6. The maximum absolute atomic E-state index is 12.6. The summed E-state index contributed by atoms with van der Waals surface area (Å²) in [5.41, 5.74) is 4.79. The van der Waals surface area contributed by atoms with Crippen LogP contribution in [0.1, 0.15) is 27.2 Å². The van der Waals surface area contributed by atoms with E-state index in [9.17, 15) is 9.59 Å². The number of benzene rings is 2. The van der Waals surface area contributed by atoms with Gasteiger partial charge in [0.15, 0.2) is 6.61 Å². The van der Waals surface area contributed by atoms with E-state index in [0.29, 0.717) is 17.8 Å². The van der Waals surface area contributed by atoms with Gasteiger partial charge in [-0.15, -0.1) is 11.3 Å². The molecule has 0 bridgehead atoms. The standard InChI is InChI=1S/C23H20N2O3S/c1-16-7-9-17(10-8-16)19-12-14-29-22(19)23(27)28-15-21(26)25-13-11-20(24-25)18-5-3-2-4-6-18/h2-10,12,14H,11,13,15H2,1H3. The number of ether oxygens (including phenoxy) is 1. The molecule has 0 saturated heterocycles. The minimum absolute atomic E-state index is 0.322. The Morgan fingerprint density at radius 1 is 1.03 bits per heavy atom. The van der Waals surface area contributed by atoms with Gasteiger partial charge in [-0.05, 0) is 29.5 Å². The fourth-order valence-corrected chi connectivity index (χ4v) is 3.97. The Bertz CT molecular complexity index is 1060. The van der Waals surface area contributed by atoms with Crippen molar-refractivity contribution in [3.63, 3.8) is 0 Å². The van der Waals surface area contributed by atoms with Crippen LogP contribution in [0.2, 0.25) is 0 Å². The number of esters is 1. The lowest BCUT2D eigenvalue weighted by Crippen LogP contribution is -2.28. The monoisotopic (exact) mass is 404 g/mol. The van der Waals surface area contributed by atoms with Crippen molar-refractivity contribution in [2.45, 2.75) is 13.3 Å². The molecule has 0 saturated carbocycles. The maximum atomic E-state index is 12.6. The first-order valence-electron chi connectivity index (χ1n) is 9.37. The van der Waals surface area contributed by atoms with Crippen LogP contribution < -0.4 is 0 Å². The van der Waals surface area contributed by atoms with Crippen LogP contribution in [0.25, 0.3) is 11.1 Å². The molecule has 2 heterocycles. The number of amides is 1. The fourth-order valence-electron chi connectivity index (χ4n) is 3.17. The Kier molecular flexibility index (Phi) is 5.53. The molecule has 0 N–H and O–H groups in total. The molecule has 0 unspecified atom stereocenters. The fraction of sp³-hybridized carbons (Fsp3) is 0.174. The predicted octanol–water partition coefficient (Wildman–Crippen LogP) is 4.52. The molecule has 0 radical (unpaired) electrons. The van der Waals surface area contributed by atoms with E-state index in [-0.39, 0.29) is 12.5 Å². The minimum Gasteiger partial charge on any atom is -0.451 e. The van der Waals surface area contributed by atoms with E-state index in [2.05, 4.69) is 5.10 Å². The van der Waals surface area contributed by atoms with Gasteiger partial charge in [-0.25, -0.2) is 9.80 Å². The lowest BCUT2D eigenvalue weighted by molar-refractivity contribution is -0.134. The second-order valence-electron chi connectivity index (χ2n) is 6.79. The number of rotatable bonds is 5. The molecule has 0 fully saturated rings. The molecule has 2 aromatic carbocycles. The summed E-state index contributed by atoms with van der Waals surface area (Å²) < 4.78 is 5.30. The molecule has 1 aliphatic rings. The van der Waals surface area contributed by atoms with E-state index < -0.39 is 5.97 Å². The van der Waals surface area contributed by atoms with Crippen molar-refractivity contribution in [1.82, 2.24) is 5.01 Å². The first-order valence-corrected chi connectivity index (χ1v) is 10.2. The highest BCUT2D eigenvalue weighted by atomic mass is 32.1. The third-order valence-electron chi connectivity index (χ3n) is 4.74. The smallest absolute Gasteiger partial charge is 0.349 e. The number of hydrogen-bond acceptors (Lipinski definition) is 5. The van der Waals surface area contributed by atoms with Crippen LogP contribution in [0.3, 0.4) is 0 Å². The van der Waals surface area contributed by atoms with E-state index in [0.717, 1.165) is 28.0 Å². The molecule has 29 heavy (non-hydrogen) atoms. The summed E-state index contributed by atoms with van der Waals surface area (Å²) in [5, 5.41) is 7.62. The average molecular weight is 404 g/mol. The van der Waals surface area contributed by atoms with Crippen LogP contribution in [-0.4, -0.2) is 35.7 Å². The third-order valence-corrected chi connectivity index (χ3v) is 5.63. The van der Waals surface area contributed by atoms with Gasteiger partial charge in [0.1, 0.15) is 4.88 Å². The minimum atomic E-state index is -0.490. The second-order valence-corrected chi connectivity index (χ2v) is 7.70. The number of aryl methyl sites for hydroxylation is 1. The maximum Gasteiger partial charge on any atom is 0.349 e. The molecule has 0 aliphatic carbocycles. The highest BCUT2D eigenvalue weighted by Gasteiger charge is 2.24. The van der Waals surface area contributed by atoms with E-state index in [1.807, 2.05) is 73.0 Å². The second kappa shape index (κ2) is 8.41. The number of hydrazone groups is 1. The molecule has 3 aromatic rings. The van der Waals surface area contributed by atoms with Crippen molar-refractivity contribution >= 4 is 28.9 Å². The van der Waals surface area contributed by atoms with Gasteiger partial charge in [-0.3, -0.25) is 4.79 Å². The van der Waals surface area contributed by atoms with Crippen LogP contribution in [-0.2, 0) is 9.53 Å². The molecule has 0 spiro atoms. The first kappa shape index (κ1) is 19.1. The number of carbonyl (C=O) groups is 2. The van der Waals surface area contributed by atoms with Gasteiger partial charge < -0.3 is 4.74 Å². The van der Waals surface area contributed by atoms with E-state index in [4.69, 9.17) is 4.74 Å². The van der Waals surface area contributed by atoms with Crippen LogP contribution in [0, 0.1) is 6.92 Å². The van der Waals surface area contributed by atoms with Crippen molar-refractivity contribution in [2.24, 2.45) is 5.10 Å². The summed E-state index contributed by atoms with van der Waals surface area (Å²) in [4.78, 5) is 25.5. The topological polar surface area (TPSA) is 59.0 Å². The highest BCUT2D eigenvalue weighted by Crippen LogP contribution is 2.29. The van der Waals surface area contributed by atoms with Crippen molar-refractivity contribution in [3.8, 4) is 11.1 Å². The van der Waals surface area contributed by atoms with E-state index in [1.165, 1.54) is 16.3 Å². The average Bonchev–Trinajstić information content (AvgIpc) is 3.43. The van der Waals surface area contributed by atoms with Gasteiger partial charge in [-0.1, -0.05) is 60.2 Å². The lowest BCUT2D eigenvalue weighted by Gasteiger charge is -2.11. The van der Waals surface area contributed by atoms with Crippen LogP contribution in [0.15, 0.2) is 71.1 Å². The van der Waals surface area contributed by atoms with Crippen LogP contribution in [0.4, 0.5) is 0 Å². The van der Waals surface area contributed by atoms with Crippen molar-refractivity contribution in [3.05, 3.63) is 82.0 Å². The molecule has 4 rings (SSSR count). The zero-order valence-electron chi connectivity index (χ0n) is 16.0. The molecule has 146 valence electrons. The number of carbonyl (C=O) groups excluding carboxylic acids is 2. The first-order chi connectivity index (χ1) is 14.1. The zero-order chi connectivity index (χ0) is 20.2. The van der Waals surface area contributed by atoms with Gasteiger partial charge >= 0.3 is 5.97 Å². The summed E-state index contributed by atoms with van der Waals surface area (Å²) >= 11 is 1.31. The van der Waals surface area contributed by atoms with Gasteiger partial charge in [0.2, 0.25) is 0 Å². The molecule has 1 aliphatic heterocycles. The quantitative estimate of drug-likeness (QED) is 0.588. The van der Waals surface area contributed by atoms with Gasteiger partial charge in [0.25, 0.3) is 5.91 Å². The number of thiophene rings is 1. The Labute approximate surface area is 173 Å². The van der Waals surface area contributed by atoms with E-state index in [1.54, 1.807) is 0 Å². The Hall–Kier alpha value is -3.25. The van der Waals surface area contributed by atoms with Crippen molar-refractivity contribution in [2.75, 3.05) is 13.2 Å². The molecule has 0 atom stereocenters. The van der Waals surface area contributed by atoms with Crippen LogP contribution in [0.5, 0.6) is 0 Å². The predicted molar refractivity (Wildman–Crippen MR) is 114 cm³/mol. The lowest BCUT2D eigenvalue weighted by atomic mass is 10.1. The van der Waals surface area contributed by atoms with Crippen molar-refractivity contribution in [1.29, 1.82) is 0 Å². The molecule has 5 nitrogen and oxygen atoms in total. The SMILES string of the molecule is Cc1ccc(-c2ccsc2C(=O)OCC(=O)N2CCC(c3ccccc3)=N2)cc1. The van der Waals surface area contributed by atoms with Gasteiger partial charge in [0, 0.05) is 12.0 Å². The zero-order valence-corrected chi connectivity index (χ0v) is 16.8. The molecule has 6 heteroatoms. The Balaban J connectivity index is 1.39. The van der Waals surface area contributed by atoms with Crippen molar-refractivity contribution < 1.29 is 14.3 Å². The summed E-state index contributed by atoms with van der Waals surface area (Å²) in [6.07, 6.45) is 0.687. The summed E-state index contributed by atoms with van der Waals surface area (Å²) in [6.45, 7) is 2.19. The summed E-state index contributed by atoms with van der Waals surface area (Å²) in [5.74, 6) is -0.812. The third kappa shape index (κ3) is 4.27. The Morgan fingerprint density at radius 3 is 2.55 bits per heavy atom. The molecular weight excluding hydrogens is 384 g/mol. The van der Waals surface area contributed by atoms with Gasteiger partial charge in [-0.2, -0.15) is 5.10 Å². The molecular formula is C23H20N2O3S. The number of nitrogens with zero attached hydrogens (tertiary/aromatic N) is 2. The molecule has 1 aromatic heterocycles. The molecule has 1 amide bonds. The largest absolute Gasteiger partial charge is 0.451 e. The van der Waals surface area contributed by atoms with E-state index >= 15 is 0 Å². The normalized spacial score (nSPS) is 13.3. The highest BCUT2D eigenvalue weighted by molar-refractivity contribution is 7.12. The summed E-state index contributed by atoms with van der Waals surface area (Å²) in [7, 11) is 0. The number of hydrogen-bond donors (Lipinski definition) is 0. The van der Waals surface area contributed by atoms with Crippen LogP contribution >= 0.6 is 11.3 Å². The van der Waals surface area contributed by atoms with Gasteiger partial charge in [0.05, 0.1) is 12.3 Å².